The van der Waals surface area contributed by atoms with Crippen LogP contribution in [0.4, 0.5) is 0 Å². The normalized spacial score (nSPS) is 10.6. The molecule has 3 nitrogen and oxygen atoms in total. The molecule has 84 valence electrons. The van der Waals surface area contributed by atoms with Gasteiger partial charge in [0.15, 0.2) is 5.82 Å². The van der Waals surface area contributed by atoms with Crippen LogP contribution in [0.2, 0.25) is 0 Å². The number of benzene rings is 1. The molecule has 0 saturated carbocycles. The van der Waals surface area contributed by atoms with Crippen LogP contribution >= 0.6 is 27.5 Å². The van der Waals surface area contributed by atoms with E-state index in [2.05, 4.69) is 38.2 Å². The number of aryl methyl sites for hydroxylation is 2. The van der Waals surface area contributed by atoms with E-state index in [9.17, 15) is 0 Å². The Hall–Kier alpha value is -0.870. The maximum atomic E-state index is 5.58. The molecule has 0 radical (unpaired) electrons. The van der Waals surface area contributed by atoms with Gasteiger partial charge in [-0.05, 0) is 24.1 Å². The van der Waals surface area contributed by atoms with Gasteiger partial charge >= 0.3 is 0 Å². The molecule has 0 aliphatic heterocycles. The van der Waals surface area contributed by atoms with Gasteiger partial charge in [-0.2, -0.15) is 4.98 Å². The summed E-state index contributed by atoms with van der Waals surface area (Å²) in [5.74, 6) is 1.45. The largest absolute Gasteiger partial charge is 0.338 e. The number of alkyl halides is 1. The second-order valence-corrected chi connectivity index (χ2v) is 4.55. The van der Waals surface area contributed by atoms with Gasteiger partial charge in [0.25, 0.3) is 0 Å². The maximum absolute atomic E-state index is 5.58. The molecule has 1 aromatic heterocycles. The summed E-state index contributed by atoms with van der Waals surface area (Å²) in [5.41, 5.74) is 1.24. The van der Waals surface area contributed by atoms with Crippen LogP contribution in [0.5, 0.6) is 0 Å². The van der Waals surface area contributed by atoms with Crippen molar-refractivity contribution in [2.45, 2.75) is 18.7 Å². The summed E-state index contributed by atoms with van der Waals surface area (Å²) in [6.07, 6.45) is 1.65. The summed E-state index contributed by atoms with van der Waals surface area (Å²) < 4.78 is 6.01. The molecule has 1 aromatic carbocycles. The van der Waals surface area contributed by atoms with E-state index in [0.717, 1.165) is 17.3 Å². The van der Waals surface area contributed by atoms with Crippen LogP contribution in [0.1, 0.15) is 17.3 Å². The van der Waals surface area contributed by atoms with E-state index in [0.29, 0.717) is 11.7 Å². The summed E-state index contributed by atoms with van der Waals surface area (Å²) in [7, 11) is 0. The van der Waals surface area contributed by atoms with Crippen molar-refractivity contribution >= 4 is 27.5 Å². The topological polar surface area (TPSA) is 38.9 Å². The minimum atomic E-state index is 0.268. The Balaban J connectivity index is 1.96. The lowest BCUT2D eigenvalue weighted by Crippen LogP contribution is -1.93. The third-order valence-electron chi connectivity index (χ3n) is 2.15. The fourth-order valence-corrected chi connectivity index (χ4v) is 1.95. The van der Waals surface area contributed by atoms with E-state index < -0.39 is 0 Å². The first-order chi connectivity index (χ1) is 7.78. The fourth-order valence-electron chi connectivity index (χ4n) is 1.39. The molecule has 16 heavy (non-hydrogen) atoms. The number of nitrogens with zero attached hydrogens (tertiary/aromatic N) is 2. The minimum Gasteiger partial charge on any atom is -0.338 e. The van der Waals surface area contributed by atoms with Gasteiger partial charge in [-0.25, -0.2) is 0 Å². The number of aromatic nitrogens is 2. The van der Waals surface area contributed by atoms with Crippen LogP contribution < -0.4 is 0 Å². The smallest absolute Gasteiger partial charge is 0.241 e. The van der Waals surface area contributed by atoms with Crippen molar-refractivity contribution in [3.8, 4) is 0 Å². The molecule has 0 bridgehead atoms. The minimum absolute atomic E-state index is 0.268. The zero-order valence-electron chi connectivity index (χ0n) is 8.49. The van der Waals surface area contributed by atoms with Gasteiger partial charge in [0.2, 0.25) is 5.89 Å². The zero-order valence-corrected chi connectivity index (χ0v) is 10.8. The fraction of sp³-hybridized carbons (Fsp3) is 0.273. The quantitative estimate of drug-likeness (QED) is 0.813. The van der Waals surface area contributed by atoms with E-state index in [1.54, 1.807) is 0 Å². The van der Waals surface area contributed by atoms with Crippen molar-refractivity contribution in [1.29, 1.82) is 0 Å². The molecule has 0 aliphatic carbocycles. The van der Waals surface area contributed by atoms with Gasteiger partial charge in [-0.3, -0.25) is 0 Å². The highest BCUT2D eigenvalue weighted by molar-refractivity contribution is 9.10. The van der Waals surface area contributed by atoms with Crippen molar-refractivity contribution < 1.29 is 4.52 Å². The molecule has 0 fully saturated rings. The van der Waals surface area contributed by atoms with Gasteiger partial charge in [-0.1, -0.05) is 33.2 Å². The van der Waals surface area contributed by atoms with E-state index in [1.807, 2.05) is 12.1 Å². The Bertz CT molecular complexity index is 473. The molecule has 0 aliphatic rings. The first-order valence-electron chi connectivity index (χ1n) is 4.90. The van der Waals surface area contributed by atoms with Gasteiger partial charge < -0.3 is 4.52 Å². The monoisotopic (exact) mass is 300 g/mol. The molecular weight excluding hydrogens is 291 g/mol. The second kappa shape index (κ2) is 5.46. The molecule has 0 N–H and O–H groups in total. The van der Waals surface area contributed by atoms with Crippen LogP contribution in [0.3, 0.4) is 0 Å². The van der Waals surface area contributed by atoms with E-state index in [-0.39, 0.29) is 5.88 Å². The molecule has 2 aromatic rings. The lowest BCUT2D eigenvalue weighted by molar-refractivity contribution is 0.384. The molecule has 5 heteroatoms. The van der Waals surface area contributed by atoms with Crippen LogP contribution in [0.25, 0.3) is 0 Å². The first-order valence-corrected chi connectivity index (χ1v) is 6.22. The predicted molar refractivity (Wildman–Crippen MR) is 65.4 cm³/mol. The van der Waals surface area contributed by atoms with Gasteiger partial charge in [0, 0.05) is 10.9 Å². The highest BCUT2D eigenvalue weighted by Crippen LogP contribution is 2.13. The Morgan fingerprint density at radius 1 is 1.31 bits per heavy atom. The maximum Gasteiger partial charge on any atom is 0.241 e. The molecule has 1 heterocycles. The van der Waals surface area contributed by atoms with Crippen molar-refractivity contribution in [3.63, 3.8) is 0 Å². The lowest BCUT2D eigenvalue weighted by atomic mass is 10.1. The van der Waals surface area contributed by atoms with Crippen LogP contribution in [-0.2, 0) is 18.7 Å². The first kappa shape index (κ1) is 11.6. The SMILES string of the molecule is ClCc1nc(CCc2cccc(Br)c2)no1. The van der Waals surface area contributed by atoms with Crippen LogP contribution in [0.15, 0.2) is 33.3 Å². The Kier molecular flexibility index (Phi) is 3.96. The van der Waals surface area contributed by atoms with Crippen molar-refractivity contribution in [3.05, 3.63) is 46.0 Å². The molecule has 2 rings (SSSR count). The highest BCUT2D eigenvalue weighted by Gasteiger charge is 2.05. The molecule has 0 amide bonds. The lowest BCUT2D eigenvalue weighted by Gasteiger charge is -1.98. The third kappa shape index (κ3) is 3.06. The van der Waals surface area contributed by atoms with E-state index in [1.165, 1.54) is 5.56 Å². The summed E-state index contributed by atoms with van der Waals surface area (Å²) in [6, 6.07) is 8.18. The summed E-state index contributed by atoms with van der Waals surface area (Å²) >= 11 is 9.01. The molecule has 0 unspecified atom stereocenters. The average Bonchev–Trinajstić information content (AvgIpc) is 2.74. The van der Waals surface area contributed by atoms with Gasteiger partial charge in [0.1, 0.15) is 5.88 Å². The number of halogens is 2. The van der Waals surface area contributed by atoms with E-state index >= 15 is 0 Å². The number of hydrogen-bond donors (Lipinski definition) is 0. The van der Waals surface area contributed by atoms with Gasteiger partial charge in [-0.15, -0.1) is 11.6 Å². The summed E-state index contributed by atoms with van der Waals surface area (Å²) in [5, 5.41) is 3.84. The summed E-state index contributed by atoms with van der Waals surface area (Å²) in [6.45, 7) is 0. The standard InChI is InChI=1S/C11H10BrClN2O/c12-9-3-1-2-8(6-9)4-5-10-14-11(7-13)16-15-10/h1-3,6H,4-5,7H2. The molecule has 0 atom stereocenters. The highest BCUT2D eigenvalue weighted by atomic mass is 79.9. The van der Waals surface area contributed by atoms with E-state index in [4.69, 9.17) is 16.1 Å². The van der Waals surface area contributed by atoms with Gasteiger partial charge in [0.05, 0.1) is 0 Å². The third-order valence-corrected chi connectivity index (χ3v) is 2.87. The number of rotatable bonds is 4. The number of hydrogen-bond acceptors (Lipinski definition) is 3. The van der Waals surface area contributed by atoms with Crippen molar-refractivity contribution in [2.75, 3.05) is 0 Å². The predicted octanol–water partition coefficient (Wildman–Crippen LogP) is 3.36. The average molecular weight is 302 g/mol. The van der Waals surface area contributed by atoms with Crippen LogP contribution in [0, 0.1) is 0 Å². The zero-order chi connectivity index (χ0) is 11.4. The van der Waals surface area contributed by atoms with Crippen molar-refractivity contribution in [1.82, 2.24) is 10.1 Å². The molecule has 0 saturated heterocycles. The second-order valence-electron chi connectivity index (χ2n) is 3.37. The Morgan fingerprint density at radius 3 is 2.88 bits per heavy atom. The molecule has 0 spiro atoms. The van der Waals surface area contributed by atoms with Crippen LogP contribution in [-0.4, -0.2) is 10.1 Å². The van der Waals surface area contributed by atoms with Crippen molar-refractivity contribution in [2.24, 2.45) is 0 Å². The molecular formula is C11H10BrClN2O. The Labute approximate surface area is 107 Å². The Morgan fingerprint density at radius 2 is 2.19 bits per heavy atom. The summed E-state index contributed by atoms with van der Waals surface area (Å²) in [4.78, 5) is 4.14.